The Morgan fingerprint density at radius 3 is 2.45 bits per heavy atom. The molecule has 3 rings (SSSR count). The summed E-state index contributed by atoms with van der Waals surface area (Å²) in [7, 11) is 0. The summed E-state index contributed by atoms with van der Waals surface area (Å²) in [5.74, 6) is 0.0679. The second kappa shape index (κ2) is 6.06. The summed E-state index contributed by atoms with van der Waals surface area (Å²) in [5, 5.41) is 4.49. The van der Waals surface area contributed by atoms with E-state index in [1.165, 1.54) is 6.42 Å². The lowest BCUT2D eigenvalue weighted by Gasteiger charge is -2.33. The van der Waals surface area contributed by atoms with E-state index in [0.717, 1.165) is 29.6 Å². The standard InChI is InChI=1S/C14H18F3N3OS/c15-14(16,17)11-8-22-13(19-11)20-6-4-9(5-7-20)12(21)18-10-2-1-3-10/h8-10H,1-7H2,(H,18,21). The first kappa shape index (κ1) is 15.6. The summed E-state index contributed by atoms with van der Waals surface area (Å²) in [4.78, 5) is 17.6. The lowest BCUT2D eigenvalue weighted by molar-refractivity contribution is -0.140. The van der Waals surface area contributed by atoms with E-state index in [4.69, 9.17) is 0 Å². The van der Waals surface area contributed by atoms with Crippen LogP contribution < -0.4 is 10.2 Å². The number of rotatable bonds is 3. The second-order valence-corrected chi connectivity index (χ2v) is 6.75. The average Bonchev–Trinajstić information content (AvgIpc) is 2.92. The third kappa shape index (κ3) is 3.37. The number of nitrogens with zero attached hydrogens (tertiary/aromatic N) is 2. The zero-order valence-electron chi connectivity index (χ0n) is 12.0. The minimum absolute atomic E-state index is 0.0288. The highest BCUT2D eigenvalue weighted by molar-refractivity contribution is 7.13. The fourth-order valence-corrected chi connectivity index (χ4v) is 3.63. The normalized spacial score (nSPS) is 20.8. The monoisotopic (exact) mass is 333 g/mol. The Balaban J connectivity index is 1.52. The summed E-state index contributed by atoms with van der Waals surface area (Å²) >= 11 is 1.01. The van der Waals surface area contributed by atoms with E-state index in [0.29, 0.717) is 37.1 Å². The Hall–Kier alpha value is -1.31. The number of alkyl halides is 3. The largest absolute Gasteiger partial charge is 0.434 e. The smallest absolute Gasteiger partial charge is 0.353 e. The number of halogens is 3. The number of aromatic nitrogens is 1. The van der Waals surface area contributed by atoms with Crippen molar-refractivity contribution in [2.24, 2.45) is 5.92 Å². The van der Waals surface area contributed by atoms with Gasteiger partial charge in [-0.25, -0.2) is 4.98 Å². The molecule has 22 heavy (non-hydrogen) atoms. The Morgan fingerprint density at radius 1 is 1.27 bits per heavy atom. The second-order valence-electron chi connectivity index (χ2n) is 5.91. The average molecular weight is 333 g/mol. The molecule has 0 atom stereocenters. The maximum atomic E-state index is 12.6. The molecule has 2 heterocycles. The molecule has 0 bridgehead atoms. The number of amides is 1. The predicted octanol–water partition coefficient (Wildman–Crippen LogP) is 3.05. The third-order valence-electron chi connectivity index (χ3n) is 4.37. The topological polar surface area (TPSA) is 45.2 Å². The first-order valence-corrected chi connectivity index (χ1v) is 8.39. The molecule has 0 aromatic carbocycles. The predicted molar refractivity (Wildman–Crippen MR) is 77.8 cm³/mol. The lowest BCUT2D eigenvalue weighted by atomic mass is 9.90. The van der Waals surface area contributed by atoms with E-state index >= 15 is 0 Å². The van der Waals surface area contributed by atoms with Crippen LogP contribution in [0.5, 0.6) is 0 Å². The molecular formula is C14H18F3N3OS. The van der Waals surface area contributed by atoms with Gasteiger partial charge in [-0.3, -0.25) is 4.79 Å². The molecule has 1 aromatic rings. The SMILES string of the molecule is O=C(NC1CCC1)C1CCN(c2nc(C(F)(F)F)cs2)CC1. The van der Waals surface area contributed by atoms with E-state index < -0.39 is 11.9 Å². The number of anilines is 1. The molecule has 2 aliphatic rings. The Kier molecular flexibility index (Phi) is 4.29. The molecule has 1 N–H and O–H groups in total. The van der Waals surface area contributed by atoms with Crippen LogP contribution >= 0.6 is 11.3 Å². The highest BCUT2D eigenvalue weighted by atomic mass is 32.1. The Labute approximate surface area is 130 Å². The van der Waals surface area contributed by atoms with E-state index in [-0.39, 0.29) is 11.8 Å². The lowest BCUT2D eigenvalue weighted by Crippen LogP contribution is -2.46. The minimum Gasteiger partial charge on any atom is -0.353 e. The number of thiazole rings is 1. The summed E-state index contributed by atoms with van der Waals surface area (Å²) < 4.78 is 37.7. The summed E-state index contributed by atoms with van der Waals surface area (Å²) in [6.45, 7) is 1.15. The van der Waals surface area contributed by atoms with Crippen LogP contribution in [0.3, 0.4) is 0 Å². The summed E-state index contributed by atoms with van der Waals surface area (Å²) in [6.07, 6.45) is 0.234. The van der Waals surface area contributed by atoms with Crippen LogP contribution in [0.25, 0.3) is 0 Å². The van der Waals surface area contributed by atoms with Gasteiger partial charge in [-0.15, -0.1) is 11.3 Å². The van der Waals surface area contributed by atoms with Gasteiger partial charge in [-0.1, -0.05) is 0 Å². The van der Waals surface area contributed by atoms with Gasteiger partial charge in [0, 0.05) is 30.4 Å². The van der Waals surface area contributed by atoms with Gasteiger partial charge in [0.15, 0.2) is 10.8 Å². The van der Waals surface area contributed by atoms with Crippen LogP contribution in [-0.2, 0) is 11.0 Å². The fourth-order valence-electron chi connectivity index (χ4n) is 2.74. The van der Waals surface area contributed by atoms with Crippen LogP contribution in [0.4, 0.5) is 18.3 Å². The van der Waals surface area contributed by atoms with Gasteiger partial charge in [0.25, 0.3) is 0 Å². The quantitative estimate of drug-likeness (QED) is 0.925. The Morgan fingerprint density at radius 2 is 1.95 bits per heavy atom. The van der Waals surface area contributed by atoms with E-state index in [1.807, 2.05) is 4.90 Å². The molecule has 1 saturated carbocycles. The minimum atomic E-state index is -4.39. The van der Waals surface area contributed by atoms with Gasteiger partial charge in [0.1, 0.15) is 0 Å². The van der Waals surface area contributed by atoms with Crippen LogP contribution in [0, 0.1) is 5.92 Å². The van der Waals surface area contributed by atoms with Crippen molar-refractivity contribution in [1.82, 2.24) is 10.3 Å². The van der Waals surface area contributed by atoms with Gasteiger partial charge in [-0.05, 0) is 32.1 Å². The van der Waals surface area contributed by atoms with Gasteiger partial charge >= 0.3 is 6.18 Å². The fraction of sp³-hybridized carbons (Fsp3) is 0.714. The first-order chi connectivity index (χ1) is 10.4. The molecule has 122 valence electrons. The third-order valence-corrected chi connectivity index (χ3v) is 5.27. The number of carbonyl (C=O) groups is 1. The highest BCUT2D eigenvalue weighted by Crippen LogP contribution is 2.34. The van der Waals surface area contributed by atoms with Crippen molar-refractivity contribution in [3.8, 4) is 0 Å². The molecule has 1 aliphatic heterocycles. The van der Waals surface area contributed by atoms with Crippen molar-refractivity contribution in [3.05, 3.63) is 11.1 Å². The molecular weight excluding hydrogens is 315 g/mol. The van der Waals surface area contributed by atoms with Crippen molar-refractivity contribution >= 4 is 22.4 Å². The molecule has 2 fully saturated rings. The zero-order chi connectivity index (χ0) is 15.7. The number of piperidine rings is 1. The van der Waals surface area contributed by atoms with Gasteiger partial charge < -0.3 is 10.2 Å². The van der Waals surface area contributed by atoms with Crippen molar-refractivity contribution in [2.75, 3.05) is 18.0 Å². The number of carbonyl (C=O) groups excluding carboxylic acids is 1. The highest BCUT2D eigenvalue weighted by Gasteiger charge is 2.35. The van der Waals surface area contributed by atoms with Crippen LogP contribution in [-0.4, -0.2) is 30.0 Å². The maximum absolute atomic E-state index is 12.6. The van der Waals surface area contributed by atoms with Crippen molar-refractivity contribution in [2.45, 2.75) is 44.3 Å². The zero-order valence-corrected chi connectivity index (χ0v) is 12.8. The number of nitrogens with one attached hydrogen (secondary N) is 1. The van der Waals surface area contributed by atoms with Crippen molar-refractivity contribution in [1.29, 1.82) is 0 Å². The van der Waals surface area contributed by atoms with Gasteiger partial charge in [0.05, 0.1) is 0 Å². The van der Waals surface area contributed by atoms with Crippen LogP contribution in [0.15, 0.2) is 5.38 Å². The van der Waals surface area contributed by atoms with Crippen molar-refractivity contribution in [3.63, 3.8) is 0 Å². The molecule has 0 unspecified atom stereocenters. The molecule has 8 heteroatoms. The molecule has 1 amide bonds. The van der Waals surface area contributed by atoms with Crippen LogP contribution in [0.1, 0.15) is 37.8 Å². The Bertz CT molecular complexity index is 534. The van der Waals surface area contributed by atoms with Gasteiger partial charge in [0.2, 0.25) is 5.91 Å². The van der Waals surface area contributed by atoms with Gasteiger partial charge in [-0.2, -0.15) is 13.2 Å². The number of hydrogen-bond acceptors (Lipinski definition) is 4. The summed E-state index contributed by atoms with van der Waals surface area (Å²) in [5.41, 5.74) is -0.836. The molecule has 0 radical (unpaired) electrons. The van der Waals surface area contributed by atoms with Crippen LogP contribution in [0.2, 0.25) is 0 Å². The molecule has 1 saturated heterocycles. The van der Waals surface area contributed by atoms with E-state index in [9.17, 15) is 18.0 Å². The molecule has 1 aliphatic carbocycles. The maximum Gasteiger partial charge on any atom is 0.434 e. The first-order valence-electron chi connectivity index (χ1n) is 7.51. The molecule has 0 spiro atoms. The molecule has 1 aromatic heterocycles. The van der Waals surface area contributed by atoms with E-state index in [2.05, 4.69) is 10.3 Å². The summed E-state index contributed by atoms with van der Waals surface area (Å²) in [6, 6.07) is 0.332. The van der Waals surface area contributed by atoms with E-state index in [1.54, 1.807) is 0 Å². The van der Waals surface area contributed by atoms with Crippen molar-refractivity contribution < 1.29 is 18.0 Å². The number of hydrogen-bond donors (Lipinski definition) is 1. The molecule has 4 nitrogen and oxygen atoms in total.